The first-order chi connectivity index (χ1) is 12.6. The molecule has 1 saturated carbocycles. The second-order valence-corrected chi connectivity index (χ2v) is 7.08. The van der Waals surface area contributed by atoms with Crippen LogP contribution in [0.2, 0.25) is 0 Å². The summed E-state index contributed by atoms with van der Waals surface area (Å²) in [5.74, 6) is 0.644. The zero-order valence-corrected chi connectivity index (χ0v) is 14.3. The maximum Gasteiger partial charge on any atom is 0.249 e. The van der Waals surface area contributed by atoms with Crippen molar-refractivity contribution in [2.24, 2.45) is 18.4 Å². The number of anilines is 1. The molecule has 0 unspecified atom stereocenters. The summed E-state index contributed by atoms with van der Waals surface area (Å²) in [6.07, 6.45) is 9.54. The number of nitrogens with zero attached hydrogens (tertiary/aromatic N) is 7. The largest absolute Gasteiger partial charge is 0.294 e. The van der Waals surface area contributed by atoms with Gasteiger partial charge in [-0.25, -0.2) is 9.50 Å². The van der Waals surface area contributed by atoms with Gasteiger partial charge in [-0.3, -0.25) is 14.4 Å². The van der Waals surface area contributed by atoms with E-state index < -0.39 is 5.41 Å². The van der Waals surface area contributed by atoms with Crippen LogP contribution in [0.4, 0.5) is 5.82 Å². The predicted molar refractivity (Wildman–Crippen MR) is 92.9 cm³/mol. The monoisotopic (exact) mass is 347 g/mol. The number of fused-ring (bicyclic) bond motifs is 1. The van der Waals surface area contributed by atoms with Gasteiger partial charge >= 0.3 is 0 Å². The Morgan fingerprint density at radius 3 is 2.92 bits per heavy atom. The fraction of sp³-hybridized carbons (Fsp3) is 0.389. The van der Waals surface area contributed by atoms with Crippen molar-refractivity contribution in [2.45, 2.75) is 19.3 Å². The second kappa shape index (κ2) is 5.14. The van der Waals surface area contributed by atoms with Gasteiger partial charge in [0.1, 0.15) is 10.9 Å². The lowest BCUT2D eigenvalue weighted by Gasteiger charge is -2.20. The summed E-state index contributed by atoms with van der Waals surface area (Å²) in [6, 6.07) is 4.23. The summed E-state index contributed by atoms with van der Waals surface area (Å²) < 4.78 is 3.45. The molecule has 130 valence electrons. The first-order valence-corrected chi connectivity index (χ1v) is 8.69. The van der Waals surface area contributed by atoms with Crippen LogP contribution in [-0.4, -0.2) is 36.8 Å². The highest BCUT2D eigenvalue weighted by molar-refractivity contribution is 6.04. The SMILES string of the molecule is Cn1cc(-c2cc3c(N4CC[C@@](C#N)(C5CC5)C4=O)nccn3n2)cn1. The molecule has 1 aliphatic heterocycles. The van der Waals surface area contributed by atoms with Crippen molar-refractivity contribution < 1.29 is 4.79 Å². The molecule has 0 bridgehead atoms. The van der Waals surface area contributed by atoms with Crippen LogP contribution in [0.25, 0.3) is 16.8 Å². The van der Waals surface area contributed by atoms with Crippen molar-refractivity contribution >= 4 is 17.2 Å². The molecule has 2 aliphatic rings. The van der Waals surface area contributed by atoms with Gasteiger partial charge in [0.25, 0.3) is 0 Å². The zero-order chi connectivity index (χ0) is 17.9. The molecule has 4 heterocycles. The van der Waals surface area contributed by atoms with Crippen LogP contribution in [0.15, 0.2) is 30.9 Å². The van der Waals surface area contributed by atoms with Crippen molar-refractivity contribution in [1.29, 1.82) is 5.26 Å². The molecule has 26 heavy (non-hydrogen) atoms. The third-order valence-electron chi connectivity index (χ3n) is 5.46. The number of hydrogen-bond acceptors (Lipinski definition) is 5. The number of carbonyl (C=O) groups is 1. The summed E-state index contributed by atoms with van der Waals surface area (Å²) in [5, 5.41) is 18.4. The maximum atomic E-state index is 13.1. The Balaban J connectivity index is 1.58. The molecule has 3 aromatic heterocycles. The van der Waals surface area contributed by atoms with E-state index >= 15 is 0 Å². The highest BCUT2D eigenvalue weighted by atomic mass is 16.2. The fourth-order valence-corrected chi connectivity index (χ4v) is 3.90. The number of carbonyl (C=O) groups excluding carboxylic acids is 1. The van der Waals surface area contributed by atoms with Crippen molar-refractivity contribution in [1.82, 2.24) is 24.4 Å². The first-order valence-electron chi connectivity index (χ1n) is 8.69. The Morgan fingerprint density at radius 2 is 2.23 bits per heavy atom. The third kappa shape index (κ3) is 2.00. The van der Waals surface area contributed by atoms with E-state index in [1.807, 2.05) is 19.3 Å². The lowest BCUT2D eigenvalue weighted by Crippen LogP contribution is -2.35. The van der Waals surface area contributed by atoms with Crippen molar-refractivity contribution in [2.75, 3.05) is 11.4 Å². The van der Waals surface area contributed by atoms with E-state index in [1.54, 1.807) is 32.7 Å². The molecule has 0 radical (unpaired) electrons. The molecular formula is C18H17N7O. The van der Waals surface area contributed by atoms with Crippen molar-refractivity contribution in [3.63, 3.8) is 0 Å². The summed E-state index contributed by atoms with van der Waals surface area (Å²) in [5.41, 5.74) is 1.55. The summed E-state index contributed by atoms with van der Waals surface area (Å²) in [7, 11) is 1.86. The molecule has 3 aromatic rings. The predicted octanol–water partition coefficient (Wildman–Crippen LogP) is 1.79. The average molecular weight is 347 g/mol. The van der Waals surface area contributed by atoms with E-state index in [2.05, 4.69) is 21.3 Å². The fourth-order valence-electron chi connectivity index (χ4n) is 3.90. The maximum absolute atomic E-state index is 13.1. The molecule has 1 amide bonds. The Hall–Kier alpha value is -3.21. The molecule has 0 spiro atoms. The van der Waals surface area contributed by atoms with Crippen molar-refractivity contribution in [3.05, 3.63) is 30.9 Å². The lowest BCUT2D eigenvalue weighted by molar-refractivity contribution is -0.123. The number of amides is 1. The summed E-state index contributed by atoms with van der Waals surface area (Å²) >= 11 is 0. The molecule has 5 rings (SSSR count). The van der Waals surface area contributed by atoms with Crippen LogP contribution >= 0.6 is 0 Å². The van der Waals surface area contributed by atoms with Crippen LogP contribution in [-0.2, 0) is 11.8 Å². The highest BCUT2D eigenvalue weighted by Gasteiger charge is 2.57. The van der Waals surface area contributed by atoms with E-state index in [9.17, 15) is 10.1 Å². The van der Waals surface area contributed by atoms with Gasteiger partial charge in [-0.2, -0.15) is 15.5 Å². The smallest absolute Gasteiger partial charge is 0.249 e. The molecule has 0 aromatic carbocycles. The van der Waals surface area contributed by atoms with Gasteiger partial charge in [0.15, 0.2) is 5.82 Å². The highest BCUT2D eigenvalue weighted by Crippen LogP contribution is 2.52. The lowest BCUT2D eigenvalue weighted by atomic mass is 9.83. The number of nitriles is 1. The Bertz CT molecular complexity index is 1070. The first kappa shape index (κ1) is 15.1. The number of hydrogen-bond donors (Lipinski definition) is 0. The average Bonchev–Trinajstić information content (AvgIpc) is 3.12. The van der Waals surface area contributed by atoms with Crippen LogP contribution in [0.5, 0.6) is 0 Å². The Kier molecular flexibility index (Phi) is 2.98. The van der Waals surface area contributed by atoms with Gasteiger partial charge in [-0.1, -0.05) is 0 Å². The number of aromatic nitrogens is 5. The van der Waals surface area contributed by atoms with Gasteiger partial charge in [0.2, 0.25) is 5.91 Å². The Labute approximate surface area is 149 Å². The van der Waals surface area contributed by atoms with Crippen molar-refractivity contribution in [3.8, 4) is 17.3 Å². The molecular weight excluding hydrogens is 330 g/mol. The van der Waals surface area contributed by atoms with E-state index in [-0.39, 0.29) is 11.8 Å². The van der Waals surface area contributed by atoms with Crippen LogP contribution < -0.4 is 4.90 Å². The minimum Gasteiger partial charge on any atom is -0.294 e. The van der Waals surface area contributed by atoms with Gasteiger partial charge in [0.05, 0.1) is 18.0 Å². The minimum absolute atomic E-state index is 0.118. The van der Waals surface area contributed by atoms with Crippen LogP contribution in [0, 0.1) is 22.7 Å². The standard InChI is InChI=1S/C18H17N7O/c1-23-10-12(9-21-23)14-8-15-16(20-5-7-25(15)22-14)24-6-4-18(11-19,17(24)26)13-2-3-13/h5,7-10,13H,2-4,6H2,1H3/t18-/m1/s1. The number of rotatable bonds is 3. The van der Waals surface area contributed by atoms with Gasteiger partial charge < -0.3 is 0 Å². The Morgan fingerprint density at radius 1 is 1.38 bits per heavy atom. The molecule has 8 nitrogen and oxygen atoms in total. The third-order valence-corrected chi connectivity index (χ3v) is 5.46. The van der Waals surface area contributed by atoms with Gasteiger partial charge in [-0.15, -0.1) is 0 Å². The molecule has 8 heteroatoms. The minimum atomic E-state index is -0.874. The molecule has 2 fully saturated rings. The second-order valence-electron chi connectivity index (χ2n) is 7.08. The molecule has 0 N–H and O–H groups in total. The quantitative estimate of drug-likeness (QED) is 0.720. The van der Waals surface area contributed by atoms with Gasteiger partial charge in [0, 0.05) is 37.7 Å². The van der Waals surface area contributed by atoms with E-state index in [1.165, 1.54) is 0 Å². The molecule has 1 aliphatic carbocycles. The summed E-state index contributed by atoms with van der Waals surface area (Å²) in [6.45, 7) is 0.517. The van der Waals surface area contributed by atoms with E-state index in [0.717, 1.165) is 29.6 Å². The topological polar surface area (TPSA) is 92.1 Å². The zero-order valence-electron chi connectivity index (χ0n) is 14.3. The van der Waals surface area contributed by atoms with Crippen LogP contribution in [0.3, 0.4) is 0 Å². The number of aryl methyl sites for hydroxylation is 1. The molecule has 1 atom stereocenters. The normalized spacial score (nSPS) is 22.9. The van der Waals surface area contributed by atoms with E-state index in [4.69, 9.17) is 0 Å². The van der Waals surface area contributed by atoms with Crippen LogP contribution in [0.1, 0.15) is 19.3 Å². The molecule has 1 saturated heterocycles. The van der Waals surface area contributed by atoms with Gasteiger partial charge in [-0.05, 0) is 31.2 Å². The van der Waals surface area contributed by atoms with E-state index in [0.29, 0.717) is 18.8 Å². The summed E-state index contributed by atoms with van der Waals surface area (Å²) in [4.78, 5) is 19.2.